The van der Waals surface area contributed by atoms with Gasteiger partial charge in [-0.25, -0.2) is 0 Å². The molecule has 0 aliphatic carbocycles. The van der Waals surface area contributed by atoms with Gasteiger partial charge in [0.15, 0.2) is 0 Å². The zero-order chi connectivity index (χ0) is 11.4. The van der Waals surface area contributed by atoms with E-state index in [1.807, 2.05) is 18.2 Å². The topological polar surface area (TPSA) is 46.5 Å². The molecule has 3 heteroatoms. The van der Waals surface area contributed by atoms with Gasteiger partial charge in [-0.1, -0.05) is 24.3 Å². The Bertz CT molecular complexity index is 367. The fourth-order valence-corrected chi connectivity index (χ4v) is 2.09. The summed E-state index contributed by atoms with van der Waals surface area (Å²) in [6.45, 7) is 1.19. The molecule has 0 saturated carbocycles. The highest BCUT2D eigenvalue weighted by molar-refractivity contribution is 5.77. The zero-order valence-corrected chi connectivity index (χ0v) is 9.19. The molecule has 3 nitrogen and oxygen atoms in total. The summed E-state index contributed by atoms with van der Waals surface area (Å²) < 4.78 is 5.23. The van der Waals surface area contributed by atoms with Crippen molar-refractivity contribution in [2.75, 3.05) is 13.2 Å². The van der Waals surface area contributed by atoms with Crippen LogP contribution in [0.1, 0.15) is 28.8 Å². The lowest BCUT2D eigenvalue weighted by Crippen LogP contribution is -2.38. The van der Waals surface area contributed by atoms with Crippen LogP contribution in [-0.4, -0.2) is 30.2 Å². The van der Waals surface area contributed by atoms with Gasteiger partial charge in [0, 0.05) is 25.2 Å². The van der Waals surface area contributed by atoms with E-state index in [4.69, 9.17) is 4.74 Å². The summed E-state index contributed by atoms with van der Waals surface area (Å²) in [5.74, 6) is 0. The third kappa shape index (κ3) is 2.49. The second-order valence-corrected chi connectivity index (χ2v) is 4.33. The monoisotopic (exact) mass is 220 g/mol. The van der Waals surface area contributed by atoms with E-state index in [2.05, 4.69) is 0 Å². The number of aldehydes is 1. The summed E-state index contributed by atoms with van der Waals surface area (Å²) in [6.07, 6.45) is 2.66. The van der Waals surface area contributed by atoms with Crippen LogP contribution < -0.4 is 0 Å². The first-order chi connectivity index (χ1) is 7.73. The van der Waals surface area contributed by atoms with Crippen molar-refractivity contribution >= 4 is 6.29 Å². The van der Waals surface area contributed by atoms with Crippen LogP contribution in [0.15, 0.2) is 24.3 Å². The molecule has 86 valence electrons. The molecule has 1 aliphatic rings. The highest BCUT2D eigenvalue weighted by Gasteiger charge is 2.30. The van der Waals surface area contributed by atoms with Crippen molar-refractivity contribution in [2.45, 2.75) is 24.9 Å². The minimum atomic E-state index is -0.711. The molecule has 1 heterocycles. The van der Waals surface area contributed by atoms with Crippen molar-refractivity contribution in [1.82, 2.24) is 0 Å². The van der Waals surface area contributed by atoms with E-state index >= 15 is 0 Å². The van der Waals surface area contributed by atoms with Crippen molar-refractivity contribution in [3.63, 3.8) is 0 Å². The van der Waals surface area contributed by atoms with Crippen LogP contribution in [-0.2, 0) is 11.2 Å². The second-order valence-electron chi connectivity index (χ2n) is 4.33. The average Bonchev–Trinajstić information content (AvgIpc) is 2.30. The summed E-state index contributed by atoms with van der Waals surface area (Å²) in [5.41, 5.74) is 0.876. The van der Waals surface area contributed by atoms with E-state index in [0.717, 1.165) is 11.8 Å². The minimum absolute atomic E-state index is 0.533. The number of hydrogen-bond acceptors (Lipinski definition) is 3. The molecule has 0 atom stereocenters. The largest absolute Gasteiger partial charge is 0.389 e. The molecule has 1 N–H and O–H groups in total. The maximum Gasteiger partial charge on any atom is 0.150 e. The number of hydrogen-bond donors (Lipinski definition) is 1. The van der Waals surface area contributed by atoms with E-state index in [-0.39, 0.29) is 0 Å². The smallest absolute Gasteiger partial charge is 0.150 e. The Labute approximate surface area is 95.0 Å². The van der Waals surface area contributed by atoms with Gasteiger partial charge < -0.3 is 9.84 Å². The van der Waals surface area contributed by atoms with Gasteiger partial charge in [-0.3, -0.25) is 4.79 Å². The van der Waals surface area contributed by atoms with Crippen molar-refractivity contribution < 1.29 is 14.6 Å². The van der Waals surface area contributed by atoms with Crippen LogP contribution in [0.2, 0.25) is 0 Å². The van der Waals surface area contributed by atoms with Gasteiger partial charge in [-0.15, -0.1) is 0 Å². The number of ether oxygens (including phenoxy) is 1. The summed E-state index contributed by atoms with van der Waals surface area (Å²) in [7, 11) is 0. The van der Waals surface area contributed by atoms with Crippen molar-refractivity contribution in [3.8, 4) is 0 Å². The van der Waals surface area contributed by atoms with Crippen molar-refractivity contribution in [3.05, 3.63) is 35.4 Å². The lowest BCUT2D eigenvalue weighted by Gasteiger charge is -2.32. The number of carbonyl (C=O) groups is 1. The maximum atomic E-state index is 10.9. The molecule has 0 amide bonds. The van der Waals surface area contributed by atoms with E-state index < -0.39 is 5.60 Å². The fraction of sp³-hybridized carbons (Fsp3) is 0.462. The molecule has 0 bridgehead atoms. The van der Waals surface area contributed by atoms with Crippen LogP contribution in [0.5, 0.6) is 0 Å². The average molecular weight is 220 g/mol. The molecule has 1 aliphatic heterocycles. The van der Waals surface area contributed by atoms with Crippen LogP contribution in [0, 0.1) is 0 Å². The zero-order valence-electron chi connectivity index (χ0n) is 9.19. The third-order valence-corrected chi connectivity index (χ3v) is 3.13. The molecule has 0 spiro atoms. The normalized spacial score (nSPS) is 19.3. The predicted molar refractivity (Wildman–Crippen MR) is 60.5 cm³/mol. The molecule has 1 aromatic carbocycles. The summed E-state index contributed by atoms with van der Waals surface area (Å²) in [5, 5.41) is 10.3. The molecule has 1 aromatic rings. The molecule has 16 heavy (non-hydrogen) atoms. The van der Waals surface area contributed by atoms with E-state index in [1.54, 1.807) is 6.07 Å². The number of carbonyl (C=O) groups excluding carboxylic acids is 1. The van der Waals surface area contributed by atoms with Gasteiger partial charge in [0.05, 0.1) is 5.60 Å². The summed E-state index contributed by atoms with van der Waals surface area (Å²) in [4.78, 5) is 10.9. The van der Waals surface area contributed by atoms with Crippen molar-refractivity contribution in [2.24, 2.45) is 0 Å². The first-order valence-electron chi connectivity index (χ1n) is 5.57. The lowest BCUT2D eigenvalue weighted by atomic mass is 9.86. The molecule has 0 aromatic heterocycles. The fourth-order valence-electron chi connectivity index (χ4n) is 2.09. The standard InChI is InChI=1S/C13H16O3/c14-10-12-4-2-1-3-11(12)9-13(15)5-7-16-8-6-13/h1-4,10,15H,5-9H2. The third-order valence-electron chi connectivity index (χ3n) is 3.13. The van der Waals surface area contributed by atoms with Crippen LogP contribution >= 0.6 is 0 Å². The molecule has 2 rings (SSSR count). The molecule has 0 radical (unpaired) electrons. The molecular formula is C13H16O3. The summed E-state index contributed by atoms with van der Waals surface area (Å²) in [6, 6.07) is 7.41. The minimum Gasteiger partial charge on any atom is -0.389 e. The van der Waals surface area contributed by atoms with Gasteiger partial charge in [0.25, 0.3) is 0 Å². The Morgan fingerprint density at radius 2 is 2.00 bits per heavy atom. The quantitative estimate of drug-likeness (QED) is 0.787. The van der Waals surface area contributed by atoms with Gasteiger partial charge in [-0.05, 0) is 18.4 Å². The Kier molecular flexibility index (Phi) is 3.36. The van der Waals surface area contributed by atoms with Crippen LogP contribution in [0.4, 0.5) is 0 Å². The maximum absolute atomic E-state index is 10.9. The van der Waals surface area contributed by atoms with Gasteiger partial charge >= 0.3 is 0 Å². The van der Waals surface area contributed by atoms with E-state index in [1.165, 1.54) is 0 Å². The lowest BCUT2D eigenvalue weighted by molar-refractivity contribution is -0.0626. The first kappa shape index (κ1) is 11.3. The molecular weight excluding hydrogens is 204 g/mol. The number of rotatable bonds is 3. The Balaban J connectivity index is 2.15. The van der Waals surface area contributed by atoms with Gasteiger partial charge in [-0.2, -0.15) is 0 Å². The SMILES string of the molecule is O=Cc1ccccc1CC1(O)CCOCC1. The Morgan fingerprint density at radius 3 is 2.69 bits per heavy atom. The van der Waals surface area contributed by atoms with Gasteiger partial charge in [0.2, 0.25) is 0 Å². The molecule has 1 fully saturated rings. The molecule has 1 saturated heterocycles. The van der Waals surface area contributed by atoms with Crippen LogP contribution in [0.3, 0.4) is 0 Å². The Hall–Kier alpha value is -1.19. The predicted octanol–water partition coefficient (Wildman–Crippen LogP) is 1.58. The Morgan fingerprint density at radius 1 is 1.31 bits per heavy atom. The van der Waals surface area contributed by atoms with E-state index in [0.29, 0.717) is 38.0 Å². The van der Waals surface area contributed by atoms with E-state index in [9.17, 15) is 9.90 Å². The first-order valence-corrected chi connectivity index (χ1v) is 5.57. The highest BCUT2D eigenvalue weighted by atomic mass is 16.5. The highest BCUT2D eigenvalue weighted by Crippen LogP contribution is 2.26. The molecule has 0 unspecified atom stereocenters. The van der Waals surface area contributed by atoms with Gasteiger partial charge in [0.1, 0.15) is 6.29 Å². The number of aliphatic hydroxyl groups is 1. The second kappa shape index (κ2) is 4.76. The van der Waals surface area contributed by atoms with Crippen molar-refractivity contribution in [1.29, 1.82) is 0 Å². The number of benzene rings is 1. The summed E-state index contributed by atoms with van der Waals surface area (Å²) >= 11 is 0. The van der Waals surface area contributed by atoms with Crippen LogP contribution in [0.25, 0.3) is 0 Å².